The van der Waals surface area contributed by atoms with E-state index in [0.717, 1.165) is 6.54 Å². The lowest BCUT2D eigenvalue weighted by atomic mass is 9.97. The summed E-state index contributed by atoms with van der Waals surface area (Å²) in [4.78, 5) is 2.56. The molecule has 1 aromatic rings. The molecule has 0 aromatic heterocycles. The summed E-state index contributed by atoms with van der Waals surface area (Å²) in [5.41, 5.74) is 4.13. The van der Waals surface area contributed by atoms with Crippen molar-refractivity contribution in [3.05, 3.63) is 29.3 Å². The number of rotatable bonds is 3. The maximum atomic E-state index is 3.58. The molecule has 1 aliphatic heterocycles. The van der Waals surface area contributed by atoms with Gasteiger partial charge >= 0.3 is 0 Å². The van der Waals surface area contributed by atoms with Crippen LogP contribution < -0.4 is 10.2 Å². The highest BCUT2D eigenvalue weighted by Crippen LogP contribution is 2.26. The first kappa shape index (κ1) is 13.4. The molecule has 0 radical (unpaired) electrons. The molecule has 0 amide bonds. The van der Waals surface area contributed by atoms with Crippen LogP contribution in [-0.4, -0.2) is 25.2 Å². The summed E-state index contributed by atoms with van der Waals surface area (Å²) in [6, 6.07) is 8.21. The van der Waals surface area contributed by atoms with E-state index in [-0.39, 0.29) is 0 Å². The molecule has 18 heavy (non-hydrogen) atoms. The van der Waals surface area contributed by atoms with Gasteiger partial charge in [0.1, 0.15) is 0 Å². The first-order valence-electron chi connectivity index (χ1n) is 7.18. The number of nitrogens with one attached hydrogen (secondary N) is 1. The zero-order valence-corrected chi connectivity index (χ0v) is 12.2. The van der Waals surface area contributed by atoms with Gasteiger partial charge in [0.25, 0.3) is 0 Å². The normalized spacial score (nSPS) is 24.3. The Balaban J connectivity index is 2.10. The van der Waals surface area contributed by atoms with Crippen molar-refractivity contribution in [2.75, 3.05) is 18.0 Å². The Morgan fingerprint density at radius 3 is 2.44 bits per heavy atom. The molecule has 2 unspecified atom stereocenters. The standard InChI is InChI=1S/C16H26N2/c1-5-17-15-6-7-18(14(4)11-15)16-9-12(2)8-13(3)10-16/h8-10,14-15,17H,5-7,11H2,1-4H3. The minimum atomic E-state index is 0.629. The zero-order valence-electron chi connectivity index (χ0n) is 12.2. The van der Waals surface area contributed by atoms with Gasteiger partial charge in [-0.1, -0.05) is 13.0 Å². The summed E-state index contributed by atoms with van der Waals surface area (Å²) in [7, 11) is 0. The average molecular weight is 246 g/mol. The van der Waals surface area contributed by atoms with Crippen LogP contribution >= 0.6 is 0 Å². The highest BCUT2D eigenvalue weighted by Gasteiger charge is 2.25. The largest absolute Gasteiger partial charge is 0.369 e. The van der Waals surface area contributed by atoms with Crippen LogP contribution in [0, 0.1) is 13.8 Å². The second kappa shape index (κ2) is 5.75. The number of nitrogens with zero attached hydrogens (tertiary/aromatic N) is 1. The van der Waals surface area contributed by atoms with Crippen LogP contribution in [0.25, 0.3) is 0 Å². The number of hydrogen-bond donors (Lipinski definition) is 1. The van der Waals surface area contributed by atoms with Crippen LogP contribution in [0.3, 0.4) is 0 Å². The first-order valence-corrected chi connectivity index (χ1v) is 7.18. The fourth-order valence-corrected chi connectivity index (χ4v) is 3.15. The van der Waals surface area contributed by atoms with Gasteiger partial charge in [0.15, 0.2) is 0 Å². The van der Waals surface area contributed by atoms with E-state index in [4.69, 9.17) is 0 Å². The lowest BCUT2D eigenvalue weighted by Gasteiger charge is -2.40. The molecule has 0 aliphatic carbocycles. The third-order valence-electron chi connectivity index (χ3n) is 3.91. The van der Waals surface area contributed by atoms with Gasteiger partial charge in [-0.3, -0.25) is 0 Å². The Bertz CT molecular complexity index is 380. The van der Waals surface area contributed by atoms with E-state index in [9.17, 15) is 0 Å². The number of aryl methyl sites for hydroxylation is 2. The fraction of sp³-hybridized carbons (Fsp3) is 0.625. The van der Waals surface area contributed by atoms with Gasteiger partial charge in [-0.15, -0.1) is 0 Å². The predicted molar refractivity (Wildman–Crippen MR) is 79.4 cm³/mol. The molecule has 1 heterocycles. The molecule has 2 atom stereocenters. The van der Waals surface area contributed by atoms with E-state index in [1.54, 1.807) is 0 Å². The van der Waals surface area contributed by atoms with Gasteiger partial charge in [0, 0.05) is 24.3 Å². The summed E-state index contributed by atoms with van der Waals surface area (Å²) in [5.74, 6) is 0. The number of piperidine rings is 1. The molecule has 100 valence electrons. The highest BCUT2D eigenvalue weighted by molar-refractivity contribution is 5.52. The molecule has 1 fully saturated rings. The monoisotopic (exact) mass is 246 g/mol. The molecule has 0 saturated carbocycles. The second-order valence-electron chi connectivity index (χ2n) is 5.67. The molecule has 2 heteroatoms. The Morgan fingerprint density at radius 2 is 1.89 bits per heavy atom. The fourth-order valence-electron chi connectivity index (χ4n) is 3.15. The molecular weight excluding hydrogens is 220 g/mol. The first-order chi connectivity index (χ1) is 8.60. The average Bonchev–Trinajstić information content (AvgIpc) is 2.28. The Hall–Kier alpha value is -1.02. The molecule has 2 nitrogen and oxygen atoms in total. The summed E-state index contributed by atoms with van der Waals surface area (Å²) < 4.78 is 0. The smallest absolute Gasteiger partial charge is 0.0373 e. The summed E-state index contributed by atoms with van der Waals surface area (Å²) >= 11 is 0. The van der Waals surface area contributed by atoms with Crippen LogP contribution in [0.5, 0.6) is 0 Å². The third-order valence-corrected chi connectivity index (χ3v) is 3.91. The molecule has 0 bridgehead atoms. The number of anilines is 1. The van der Waals surface area contributed by atoms with Crippen molar-refractivity contribution < 1.29 is 0 Å². The Morgan fingerprint density at radius 1 is 1.22 bits per heavy atom. The van der Waals surface area contributed by atoms with Gasteiger partial charge in [-0.25, -0.2) is 0 Å². The lowest BCUT2D eigenvalue weighted by molar-refractivity contribution is 0.374. The molecule has 2 rings (SSSR count). The number of hydrogen-bond acceptors (Lipinski definition) is 2. The van der Waals surface area contributed by atoms with Crippen LogP contribution in [0.4, 0.5) is 5.69 Å². The van der Waals surface area contributed by atoms with Gasteiger partial charge in [0.2, 0.25) is 0 Å². The summed E-state index contributed by atoms with van der Waals surface area (Å²) in [5, 5.41) is 3.58. The second-order valence-corrected chi connectivity index (χ2v) is 5.67. The van der Waals surface area contributed by atoms with E-state index < -0.39 is 0 Å². The maximum absolute atomic E-state index is 3.58. The van der Waals surface area contributed by atoms with Gasteiger partial charge in [0.05, 0.1) is 0 Å². The van der Waals surface area contributed by atoms with E-state index >= 15 is 0 Å². The molecule has 1 saturated heterocycles. The van der Waals surface area contributed by atoms with Crippen LogP contribution in [0.15, 0.2) is 18.2 Å². The van der Waals surface area contributed by atoms with E-state index in [2.05, 4.69) is 56.1 Å². The quantitative estimate of drug-likeness (QED) is 0.880. The molecular formula is C16H26N2. The molecule has 0 spiro atoms. The van der Waals surface area contributed by atoms with Gasteiger partial charge in [-0.2, -0.15) is 0 Å². The molecule has 1 N–H and O–H groups in total. The Labute approximate surface area is 111 Å². The van der Waals surface area contributed by atoms with Crippen molar-refractivity contribution >= 4 is 5.69 Å². The van der Waals surface area contributed by atoms with Crippen molar-refractivity contribution in [1.82, 2.24) is 5.32 Å². The maximum Gasteiger partial charge on any atom is 0.0373 e. The Kier molecular flexibility index (Phi) is 4.28. The predicted octanol–water partition coefficient (Wildman–Crippen LogP) is 3.27. The van der Waals surface area contributed by atoms with Crippen LogP contribution in [-0.2, 0) is 0 Å². The minimum Gasteiger partial charge on any atom is -0.369 e. The topological polar surface area (TPSA) is 15.3 Å². The van der Waals surface area contributed by atoms with Crippen LogP contribution in [0.1, 0.15) is 37.8 Å². The summed E-state index contributed by atoms with van der Waals surface area (Å²) in [6.45, 7) is 11.2. The van der Waals surface area contributed by atoms with Crippen molar-refractivity contribution in [3.8, 4) is 0 Å². The summed E-state index contributed by atoms with van der Waals surface area (Å²) in [6.07, 6.45) is 2.51. The lowest BCUT2D eigenvalue weighted by Crippen LogP contribution is -2.47. The van der Waals surface area contributed by atoms with Crippen LogP contribution in [0.2, 0.25) is 0 Å². The molecule has 1 aromatic carbocycles. The zero-order chi connectivity index (χ0) is 13.1. The van der Waals surface area contributed by atoms with Gasteiger partial charge in [-0.05, 0) is 63.4 Å². The third kappa shape index (κ3) is 3.05. The van der Waals surface area contributed by atoms with Crippen molar-refractivity contribution in [2.24, 2.45) is 0 Å². The van der Waals surface area contributed by atoms with Crippen molar-refractivity contribution in [2.45, 2.75) is 52.6 Å². The van der Waals surface area contributed by atoms with Crippen molar-refractivity contribution in [1.29, 1.82) is 0 Å². The minimum absolute atomic E-state index is 0.629. The number of benzene rings is 1. The molecule has 1 aliphatic rings. The SMILES string of the molecule is CCNC1CCN(c2cc(C)cc(C)c2)C(C)C1. The van der Waals surface area contributed by atoms with E-state index in [0.29, 0.717) is 12.1 Å². The van der Waals surface area contributed by atoms with Crippen molar-refractivity contribution in [3.63, 3.8) is 0 Å². The van der Waals surface area contributed by atoms with Gasteiger partial charge < -0.3 is 10.2 Å². The van der Waals surface area contributed by atoms with E-state index in [1.165, 1.54) is 36.2 Å². The highest BCUT2D eigenvalue weighted by atomic mass is 15.2. The van der Waals surface area contributed by atoms with E-state index in [1.807, 2.05) is 0 Å².